The van der Waals surface area contributed by atoms with Crippen LogP contribution in [0.5, 0.6) is 0 Å². The van der Waals surface area contributed by atoms with Crippen LogP contribution in [0.1, 0.15) is 48.5 Å². The third-order valence-electron chi connectivity index (χ3n) is 4.30. The first kappa shape index (κ1) is 17.4. The Morgan fingerprint density at radius 3 is 2.83 bits per heavy atom. The molecule has 2 rings (SSSR count). The number of carbonyl (C=O) groups excluding carboxylic acids is 1. The molecular formula is C17H24N2O4. The monoisotopic (exact) mass is 320 g/mol. The minimum absolute atomic E-state index is 0.0244. The Hall–Kier alpha value is -1.95. The Morgan fingerprint density at radius 2 is 2.22 bits per heavy atom. The Bertz CT molecular complexity index is 584. The van der Waals surface area contributed by atoms with Crippen molar-refractivity contribution >= 4 is 11.6 Å². The van der Waals surface area contributed by atoms with Crippen molar-refractivity contribution in [3.63, 3.8) is 0 Å². The van der Waals surface area contributed by atoms with Crippen LogP contribution < -0.4 is 0 Å². The molecule has 0 radical (unpaired) electrons. The van der Waals surface area contributed by atoms with Gasteiger partial charge in [-0.3, -0.25) is 14.9 Å². The molecule has 23 heavy (non-hydrogen) atoms. The van der Waals surface area contributed by atoms with Crippen LogP contribution in [0.15, 0.2) is 18.2 Å². The normalized spacial score (nSPS) is 18.3. The lowest BCUT2D eigenvalue weighted by atomic mass is 9.96. The molecular weight excluding hydrogens is 296 g/mol. The summed E-state index contributed by atoms with van der Waals surface area (Å²) >= 11 is 0. The SMILES string of the molecule is COCC1CCCN(C(=O)c2ccc(C(C)C)c([N+](=O)[O-])c2)C1. The fourth-order valence-corrected chi connectivity index (χ4v) is 3.13. The van der Waals surface area contributed by atoms with Crippen molar-refractivity contribution in [2.45, 2.75) is 32.6 Å². The van der Waals surface area contributed by atoms with Gasteiger partial charge in [-0.05, 0) is 30.7 Å². The van der Waals surface area contributed by atoms with Crippen molar-refractivity contribution in [3.8, 4) is 0 Å². The summed E-state index contributed by atoms with van der Waals surface area (Å²) in [6, 6.07) is 4.81. The highest BCUT2D eigenvalue weighted by atomic mass is 16.6. The molecule has 1 heterocycles. The lowest BCUT2D eigenvalue weighted by Gasteiger charge is -2.32. The van der Waals surface area contributed by atoms with Crippen molar-refractivity contribution in [3.05, 3.63) is 39.4 Å². The lowest BCUT2D eigenvalue weighted by molar-refractivity contribution is -0.385. The molecule has 1 atom stereocenters. The van der Waals surface area contributed by atoms with Crippen LogP contribution in [-0.2, 0) is 4.74 Å². The maximum Gasteiger partial charge on any atom is 0.273 e. The maximum atomic E-state index is 12.7. The number of piperidine rings is 1. The van der Waals surface area contributed by atoms with Crippen LogP contribution in [0.25, 0.3) is 0 Å². The zero-order chi connectivity index (χ0) is 17.0. The number of nitro groups is 1. The largest absolute Gasteiger partial charge is 0.384 e. The van der Waals surface area contributed by atoms with Crippen molar-refractivity contribution < 1.29 is 14.5 Å². The standard InChI is InChI=1S/C17H24N2O4/c1-12(2)15-7-6-14(9-16(15)19(21)22)17(20)18-8-4-5-13(10-18)11-23-3/h6-7,9,12-13H,4-5,8,10-11H2,1-3H3. The second-order valence-electron chi connectivity index (χ2n) is 6.40. The second-order valence-corrected chi connectivity index (χ2v) is 6.40. The van der Waals surface area contributed by atoms with Gasteiger partial charge in [-0.15, -0.1) is 0 Å². The molecule has 1 aromatic rings. The topological polar surface area (TPSA) is 72.7 Å². The molecule has 0 N–H and O–H groups in total. The first-order chi connectivity index (χ1) is 10.9. The molecule has 0 aliphatic carbocycles. The fourth-order valence-electron chi connectivity index (χ4n) is 3.13. The lowest BCUT2D eigenvalue weighted by Crippen LogP contribution is -2.41. The molecule has 126 valence electrons. The second kappa shape index (κ2) is 7.55. The zero-order valence-electron chi connectivity index (χ0n) is 13.9. The number of nitrogens with zero attached hydrogens (tertiary/aromatic N) is 2. The van der Waals surface area contributed by atoms with E-state index in [9.17, 15) is 14.9 Å². The van der Waals surface area contributed by atoms with Gasteiger partial charge < -0.3 is 9.64 Å². The van der Waals surface area contributed by atoms with Crippen LogP contribution in [0.4, 0.5) is 5.69 Å². The van der Waals surface area contributed by atoms with E-state index in [0.717, 1.165) is 12.8 Å². The van der Waals surface area contributed by atoms with E-state index in [1.807, 2.05) is 13.8 Å². The summed E-state index contributed by atoms with van der Waals surface area (Å²) in [5, 5.41) is 11.3. The van der Waals surface area contributed by atoms with E-state index in [4.69, 9.17) is 4.74 Å². The highest BCUT2D eigenvalue weighted by Gasteiger charge is 2.26. The molecule has 6 nitrogen and oxygen atoms in total. The summed E-state index contributed by atoms with van der Waals surface area (Å²) in [6.45, 7) is 5.79. The number of hydrogen-bond acceptors (Lipinski definition) is 4. The minimum atomic E-state index is -0.407. The molecule has 0 spiro atoms. The van der Waals surface area contributed by atoms with E-state index in [1.165, 1.54) is 6.07 Å². The number of carbonyl (C=O) groups is 1. The van der Waals surface area contributed by atoms with Gasteiger partial charge in [0.15, 0.2) is 0 Å². The van der Waals surface area contributed by atoms with E-state index in [0.29, 0.717) is 36.7 Å². The number of methoxy groups -OCH3 is 1. The van der Waals surface area contributed by atoms with E-state index in [-0.39, 0.29) is 17.5 Å². The van der Waals surface area contributed by atoms with Gasteiger partial charge >= 0.3 is 0 Å². The van der Waals surface area contributed by atoms with E-state index in [1.54, 1.807) is 24.1 Å². The number of benzene rings is 1. The average molecular weight is 320 g/mol. The van der Waals surface area contributed by atoms with Crippen molar-refractivity contribution in [2.24, 2.45) is 5.92 Å². The van der Waals surface area contributed by atoms with Crippen LogP contribution in [0.3, 0.4) is 0 Å². The minimum Gasteiger partial charge on any atom is -0.384 e. The molecule has 1 saturated heterocycles. The van der Waals surface area contributed by atoms with E-state index in [2.05, 4.69) is 0 Å². The van der Waals surface area contributed by atoms with Gasteiger partial charge in [-0.25, -0.2) is 0 Å². The van der Waals surface area contributed by atoms with Crippen LogP contribution in [0, 0.1) is 16.0 Å². The van der Waals surface area contributed by atoms with Gasteiger partial charge in [0, 0.05) is 37.4 Å². The van der Waals surface area contributed by atoms with Crippen LogP contribution in [-0.4, -0.2) is 42.5 Å². The molecule has 1 aliphatic heterocycles. The first-order valence-corrected chi connectivity index (χ1v) is 8.00. The highest BCUT2D eigenvalue weighted by Crippen LogP contribution is 2.28. The van der Waals surface area contributed by atoms with Crippen molar-refractivity contribution in [2.75, 3.05) is 26.8 Å². The molecule has 1 fully saturated rings. The predicted molar refractivity (Wildman–Crippen MR) is 87.7 cm³/mol. The smallest absolute Gasteiger partial charge is 0.273 e. The zero-order valence-corrected chi connectivity index (χ0v) is 13.9. The number of nitro benzene ring substituents is 1. The van der Waals surface area contributed by atoms with Crippen LogP contribution in [0.2, 0.25) is 0 Å². The summed E-state index contributed by atoms with van der Waals surface area (Å²) in [7, 11) is 1.66. The van der Waals surface area contributed by atoms with E-state index >= 15 is 0 Å². The average Bonchev–Trinajstić information content (AvgIpc) is 2.54. The number of amides is 1. The summed E-state index contributed by atoms with van der Waals surface area (Å²) < 4.78 is 5.18. The third-order valence-corrected chi connectivity index (χ3v) is 4.30. The molecule has 1 amide bonds. The summed E-state index contributed by atoms with van der Waals surface area (Å²) in [4.78, 5) is 25.3. The predicted octanol–water partition coefficient (Wildman–Crippen LogP) is 3.22. The Kier molecular flexibility index (Phi) is 5.71. The van der Waals surface area contributed by atoms with Gasteiger partial charge in [-0.2, -0.15) is 0 Å². The summed E-state index contributed by atoms with van der Waals surface area (Å²) in [5.41, 5.74) is 1.07. The fraction of sp³-hybridized carbons (Fsp3) is 0.588. The molecule has 6 heteroatoms. The summed E-state index contributed by atoms with van der Waals surface area (Å²) in [6.07, 6.45) is 1.98. The Morgan fingerprint density at radius 1 is 1.48 bits per heavy atom. The number of likely N-dealkylation sites (tertiary alicyclic amines) is 1. The van der Waals surface area contributed by atoms with Gasteiger partial charge in [0.05, 0.1) is 11.5 Å². The Balaban J connectivity index is 2.22. The number of hydrogen-bond donors (Lipinski definition) is 0. The molecule has 1 aliphatic rings. The molecule has 0 aromatic heterocycles. The highest BCUT2D eigenvalue weighted by molar-refractivity contribution is 5.95. The van der Waals surface area contributed by atoms with Gasteiger partial charge in [0.2, 0.25) is 0 Å². The quantitative estimate of drug-likeness (QED) is 0.617. The number of rotatable bonds is 5. The molecule has 1 aromatic carbocycles. The molecule has 1 unspecified atom stereocenters. The maximum absolute atomic E-state index is 12.7. The van der Waals surface area contributed by atoms with E-state index < -0.39 is 4.92 Å². The molecule has 0 saturated carbocycles. The van der Waals surface area contributed by atoms with Gasteiger partial charge in [0.25, 0.3) is 11.6 Å². The van der Waals surface area contributed by atoms with Gasteiger partial charge in [-0.1, -0.05) is 19.9 Å². The third kappa shape index (κ3) is 4.07. The first-order valence-electron chi connectivity index (χ1n) is 8.00. The molecule has 0 bridgehead atoms. The summed E-state index contributed by atoms with van der Waals surface area (Å²) in [5.74, 6) is 0.243. The Labute approximate surface area is 136 Å². The van der Waals surface area contributed by atoms with Gasteiger partial charge in [0.1, 0.15) is 0 Å². The number of ether oxygens (including phenoxy) is 1. The van der Waals surface area contributed by atoms with Crippen molar-refractivity contribution in [1.82, 2.24) is 4.90 Å². The van der Waals surface area contributed by atoms with Crippen LogP contribution >= 0.6 is 0 Å². The van der Waals surface area contributed by atoms with Crippen molar-refractivity contribution in [1.29, 1.82) is 0 Å².